The molecule has 1 heterocycles. The molecule has 90 valence electrons. The molecule has 16 heavy (non-hydrogen) atoms. The van der Waals surface area contributed by atoms with Crippen molar-refractivity contribution in [1.29, 1.82) is 0 Å². The van der Waals surface area contributed by atoms with Gasteiger partial charge in [-0.3, -0.25) is 4.79 Å². The first-order chi connectivity index (χ1) is 7.67. The third-order valence-electron chi connectivity index (χ3n) is 2.28. The molecule has 0 saturated carbocycles. The second-order valence-corrected chi connectivity index (χ2v) is 3.67. The molecule has 0 saturated heterocycles. The Hall–Kier alpha value is -1.43. The predicted octanol–water partition coefficient (Wildman–Crippen LogP) is 0.369. The van der Waals surface area contributed by atoms with E-state index in [0.29, 0.717) is 18.3 Å². The van der Waals surface area contributed by atoms with Crippen LogP contribution in [0.4, 0.5) is 0 Å². The molecule has 6 nitrogen and oxygen atoms in total. The molecule has 1 rings (SSSR count). The summed E-state index contributed by atoms with van der Waals surface area (Å²) in [6.07, 6.45) is 1.74. The highest BCUT2D eigenvalue weighted by molar-refractivity contribution is 5.78. The molecule has 1 amide bonds. The number of aromatic nitrogens is 2. The molecule has 1 unspecified atom stereocenters. The minimum absolute atomic E-state index is 0.0554. The van der Waals surface area contributed by atoms with E-state index in [4.69, 9.17) is 10.3 Å². The summed E-state index contributed by atoms with van der Waals surface area (Å²) < 4.78 is 4.88. The molecule has 0 spiro atoms. The maximum atomic E-state index is 11.7. The first-order valence-corrected chi connectivity index (χ1v) is 5.44. The van der Waals surface area contributed by atoms with Crippen LogP contribution < -0.4 is 11.1 Å². The summed E-state index contributed by atoms with van der Waals surface area (Å²) in [6.45, 7) is 4.38. The van der Waals surface area contributed by atoms with Gasteiger partial charge in [-0.25, -0.2) is 0 Å². The van der Waals surface area contributed by atoms with Crippen LogP contribution in [0.2, 0.25) is 0 Å². The number of amides is 1. The quantitative estimate of drug-likeness (QED) is 0.730. The molecule has 0 aliphatic carbocycles. The van der Waals surface area contributed by atoms with Crippen LogP contribution in [0.5, 0.6) is 0 Å². The van der Waals surface area contributed by atoms with Gasteiger partial charge < -0.3 is 15.6 Å². The van der Waals surface area contributed by atoms with Crippen LogP contribution in [-0.2, 0) is 11.3 Å². The van der Waals surface area contributed by atoms with E-state index in [1.165, 1.54) is 0 Å². The molecule has 6 heteroatoms. The Kier molecular flexibility index (Phi) is 4.91. The molecule has 1 aromatic heterocycles. The van der Waals surface area contributed by atoms with E-state index in [1.54, 1.807) is 6.92 Å². The van der Waals surface area contributed by atoms with Gasteiger partial charge in [0.05, 0.1) is 12.5 Å². The van der Waals surface area contributed by atoms with Crippen LogP contribution in [0.3, 0.4) is 0 Å². The summed E-state index contributed by atoms with van der Waals surface area (Å²) in [5, 5.41) is 6.37. The van der Waals surface area contributed by atoms with Crippen LogP contribution in [0.1, 0.15) is 31.5 Å². The van der Waals surface area contributed by atoms with Crippen molar-refractivity contribution in [3.05, 3.63) is 11.7 Å². The zero-order valence-electron chi connectivity index (χ0n) is 9.69. The van der Waals surface area contributed by atoms with Crippen molar-refractivity contribution in [1.82, 2.24) is 15.5 Å². The van der Waals surface area contributed by atoms with Crippen molar-refractivity contribution >= 4 is 5.91 Å². The Bertz CT molecular complexity index is 337. The van der Waals surface area contributed by atoms with Crippen molar-refractivity contribution in [2.45, 2.75) is 33.2 Å². The van der Waals surface area contributed by atoms with Crippen LogP contribution in [0.15, 0.2) is 4.52 Å². The SMILES string of the molecule is CCCC(CN)C(=O)NCc1nc(C)no1. The van der Waals surface area contributed by atoms with Gasteiger partial charge in [0.15, 0.2) is 5.82 Å². The molecular formula is C10H18N4O2. The molecule has 1 aromatic rings. The molecule has 1 atom stereocenters. The number of carbonyl (C=O) groups excluding carboxylic acids is 1. The number of nitrogens with two attached hydrogens (primary N) is 1. The first-order valence-electron chi connectivity index (χ1n) is 5.44. The summed E-state index contributed by atoms with van der Waals surface area (Å²) in [4.78, 5) is 15.7. The second-order valence-electron chi connectivity index (χ2n) is 3.67. The standard InChI is InChI=1S/C10H18N4O2/c1-3-4-8(5-11)10(15)12-6-9-13-7(2)14-16-9/h8H,3-6,11H2,1-2H3,(H,12,15). The summed E-state index contributed by atoms with van der Waals surface area (Å²) in [7, 11) is 0. The lowest BCUT2D eigenvalue weighted by Gasteiger charge is -2.12. The van der Waals surface area contributed by atoms with Crippen LogP contribution in [-0.4, -0.2) is 22.6 Å². The number of aryl methyl sites for hydroxylation is 1. The van der Waals surface area contributed by atoms with Crippen molar-refractivity contribution in [2.24, 2.45) is 11.7 Å². The van der Waals surface area contributed by atoms with E-state index in [1.807, 2.05) is 6.92 Å². The Morgan fingerprint density at radius 2 is 2.38 bits per heavy atom. The van der Waals surface area contributed by atoms with Gasteiger partial charge in [-0.05, 0) is 13.3 Å². The number of rotatable bonds is 6. The Morgan fingerprint density at radius 3 is 2.88 bits per heavy atom. The van der Waals surface area contributed by atoms with Gasteiger partial charge in [0.1, 0.15) is 0 Å². The van der Waals surface area contributed by atoms with E-state index in [2.05, 4.69) is 15.5 Å². The second kappa shape index (κ2) is 6.22. The minimum atomic E-state index is -0.131. The van der Waals surface area contributed by atoms with E-state index in [-0.39, 0.29) is 18.4 Å². The topological polar surface area (TPSA) is 94.0 Å². The highest BCUT2D eigenvalue weighted by Crippen LogP contribution is 2.05. The number of hydrogen-bond acceptors (Lipinski definition) is 5. The van der Waals surface area contributed by atoms with Crippen LogP contribution in [0.25, 0.3) is 0 Å². The summed E-state index contributed by atoms with van der Waals surface area (Å²) in [6, 6.07) is 0. The Labute approximate surface area is 94.6 Å². The smallest absolute Gasteiger partial charge is 0.246 e. The molecule has 0 aromatic carbocycles. The van der Waals surface area contributed by atoms with Gasteiger partial charge in [-0.1, -0.05) is 18.5 Å². The Balaban J connectivity index is 2.39. The van der Waals surface area contributed by atoms with Gasteiger partial charge in [0.2, 0.25) is 11.8 Å². The minimum Gasteiger partial charge on any atom is -0.347 e. The van der Waals surface area contributed by atoms with Gasteiger partial charge in [0.25, 0.3) is 0 Å². The lowest BCUT2D eigenvalue weighted by Crippen LogP contribution is -2.34. The fourth-order valence-corrected chi connectivity index (χ4v) is 1.42. The summed E-state index contributed by atoms with van der Waals surface area (Å²) >= 11 is 0. The van der Waals surface area contributed by atoms with E-state index in [9.17, 15) is 4.79 Å². The zero-order valence-corrected chi connectivity index (χ0v) is 9.69. The Morgan fingerprint density at radius 1 is 1.62 bits per heavy atom. The highest BCUT2D eigenvalue weighted by Gasteiger charge is 2.16. The number of hydrogen-bond donors (Lipinski definition) is 2. The lowest BCUT2D eigenvalue weighted by atomic mass is 10.0. The summed E-state index contributed by atoms with van der Waals surface area (Å²) in [5.74, 6) is 0.792. The van der Waals surface area contributed by atoms with Gasteiger partial charge >= 0.3 is 0 Å². The van der Waals surface area contributed by atoms with Gasteiger partial charge in [-0.15, -0.1) is 0 Å². The average Bonchev–Trinajstić information content (AvgIpc) is 2.68. The third-order valence-corrected chi connectivity index (χ3v) is 2.28. The maximum Gasteiger partial charge on any atom is 0.246 e. The molecule has 0 radical (unpaired) electrons. The normalized spacial score (nSPS) is 12.4. The fraction of sp³-hybridized carbons (Fsp3) is 0.700. The van der Waals surface area contributed by atoms with E-state index < -0.39 is 0 Å². The van der Waals surface area contributed by atoms with E-state index >= 15 is 0 Å². The van der Waals surface area contributed by atoms with Crippen LogP contribution >= 0.6 is 0 Å². The zero-order chi connectivity index (χ0) is 12.0. The molecular weight excluding hydrogens is 208 g/mol. The molecule has 0 aliphatic rings. The lowest BCUT2D eigenvalue weighted by molar-refractivity contribution is -0.125. The van der Waals surface area contributed by atoms with Crippen molar-refractivity contribution in [3.63, 3.8) is 0 Å². The predicted molar refractivity (Wildman–Crippen MR) is 58.3 cm³/mol. The fourth-order valence-electron chi connectivity index (χ4n) is 1.42. The van der Waals surface area contributed by atoms with Crippen LogP contribution in [0, 0.1) is 12.8 Å². The monoisotopic (exact) mass is 226 g/mol. The number of nitrogens with one attached hydrogen (secondary N) is 1. The van der Waals surface area contributed by atoms with Gasteiger partial charge in [-0.2, -0.15) is 4.98 Å². The summed E-state index contributed by atoms with van der Waals surface area (Å²) in [5.41, 5.74) is 5.52. The first kappa shape index (κ1) is 12.6. The maximum absolute atomic E-state index is 11.7. The third kappa shape index (κ3) is 3.62. The largest absolute Gasteiger partial charge is 0.347 e. The van der Waals surface area contributed by atoms with Crippen molar-refractivity contribution in [3.8, 4) is 0 Å². The number of nitrogens with zero attached hydrogens (tertiary/aromatic N) is 2. The number of carbonyl (C=O) groups is 1. The molecule has 0 bridgehead atoms. The molecule has 0 aliphatic heterocycles. The van der Waals surface area contributed by atoms with Crippen molar-refractivity contribution < 1.29 is 9.32 Å². The van der Waals surface area contributed by atoms with Crippen molar-refractivity contribution in [2.75, 3.05) is 6.54 Å². The molecule has 0 fully saturated rings. The van der Waals surface area contributed by atoms with E-state index in [0.717, 1.165) is 12.8 Å². The highest BCUT2D eigenvalue weighted by atomic mass is 16.5. The average molecular weight is 226 g/mol. The van der Waals surface area contributed by atoms with Gasteiger partial charge in [0, 0.05) is 6.54 Å². The molecule has 3 N–H and O–H groups in total.